The van der Waals surface area contributed by atoms with Crippen molar-refractivity contribution in [2.45, 2.75) is 25.7 Å². The van der Waals surface area contributed by atoms with Gasteiger partial charge >= 0.3 is 12.2 Å². The van der Waals surface area contributed by atoms with Crippen LogP contribution < -0.4 is 21.7 Å². The number of benzene rings is 2. The summed E-state index contributed by atoms with van der Waals surface area (Å²) < 4.78 is 10.1. The molecule has 0 aliphatic carbocycles. The van der Waals surface area contributed by atoms with Gasteiger partial charge in [-0.1, -0.05) is 60.7 Å². The highest BCUT2D eigenvalue weighted by molar-refractivity contribution is 5.81. The number of carbonyl (C=O) groups excluding carboxylic acids is 3. The summed E-state index contributed by atoms with van der Waals surface area (Å²) in [6.45, 7) is 0.951. The molecule has 166 valence electrons. The summed E-state index contributed by atoms with van der Waals surface area (Å²) >= 11 is 0. The second-order valence-electron chi connectivity index (χ2n) is 6.66. The Bertz CT molecular complexity index is 817. The molecule has 9 nitrogen and oxygen atoms in total. The van der Waals surface area contributed by atoms with E-state index in [9.17, 15) is 14.4 Å². The van der Waals surface area contributed by atoms with Crippen LogP contribution in [0.5, 0.6) is 0 Å². The van der Waals surface area contributed by atoms with Gasteiger partial charge in [-0.15, -0.1) is 0 Å². The monoisotopic (exact) mass is 428 g/mol. The molecule has 0 heterocycles. The van der Waals surface area contributed by atoms with E-state index in [4.69, 9.17) is 15.2 Å². The molecule has 0 aromatic heterocycles. The Morgan fingerprint density at radius 3 is 1.68 bits per heavy atom. The van der Waals surface area contributed by atoms with Gasteiger partial charge in [0.1, 0.15) is 13.2 Å². The Hall–Kier alpha value is -3.59. The Morgan fingerprint density at radius 1 is 0.710 bits per heavy atom. The zero-order valence-electron chi connectivity index (χ0n) is 17.2. The molecule has 1 atom stereocenters. The van der Waals surface area contributed by atoms with Gasteiger partial charge in [0.2, 0.25) is 5.91 Å². The van der Waals surface area contributed by atoms with E-state index in [0.29, 0.717) is 0 Å². The van der Waals surface area contributed by atoms with Gasteiger partial charge in [-0.3, -0.25) is 4.79 Å². The van der Waals surface area contributed by atoms with Crippen LogP contribution in [0.3, 0.4) is 0 Å². The smallest absolute Gasteiger partial charge is 0.407 e. The number of alkyl carbamates (subject to hydrolysis) is 2. The maximum atomic E-state index is 12.0. The van der Waals surface area contributed by atoms with E-state index >= 15 is 0 Å². The van der Waals surface area contributed by atoms with Gasteiger partial charge in [0, 0.05) is 19.6 Å². The van der Waals surface area contributed by atoms with Crippen molar-refractivity contribution in [1.82, 2.24) is 16.0 Å². The van der Waals surface area contributed by atoms with Gasteiger partial charge in [-0.25, -0.2) is 9.59 Å². The number of carbonyl (C=O) groups is 3. The van der Waals surface area contributed by atoms with Crippen LogP contribution in [-0.2, 0) is 27.5 Å². The first-order valence-corrected chi connectivity index (χ1v) is 9.97. The van der Waals surface area contributed by atoms with E-state index in [2.05, 4.69) is 16.0 Å². The predicted molar refractivity (Wildman–Crippen MR) is 115 cm³/mol. The second-order valence-corrected chi connectivity index (χ2v) is 6.66. The summed E-state index contributed by atoms with van der Waals surface area (Å²) in [6, 6.07) is 17.8. The van der Waals surface area contributed by atoms with Crippen molar-refractivity contribution in [2.24, 2.45) is 5.73 Å². The Balaban J connectivity index is 1.49. The average molecular weight is 428 g/mol. The second kappa shape index (κ2) is 13.6. The third kappa shape index (κ3) is 10.1. The highest BCUT2D eigenvalue weighted by Gasteiger charge is 2.13. The molecule has 2 aromatic carbocycles. The molecule has 2 aromatic rings. The predicted octanol–water partition coefficient (Wildman–Crippen LogP) is 1.67. The lowest BCUT2D eigenvalue weighted by atomic mass is 10.2. The molecule has 3 amide bonds. The minimum absolute atomic E-state index is 0.167. The van der Waals surface area contributed by atoms with Crippen molar-refractivity contribution in [3.63, 3.8) is 0 Å². The molecule has 2 rings (SSSR count). The molecule has 0 unspecified atom stereocenters. The van der Waals surface area contributed by atoms with E-state index in [-0.39, 0.29) is 45.2 Å². The quantitative estimate of drug-likeness (QED) is 0.403. The van der Waals surface area contributed by atoms with Crippen LogP contribution in [0.15, 0.2) is 60.7 Å². The van der Waals surface area contributed by atoms with Gasteiger partial charge in [0.25, 0.3) is 0 Å². The van der Waals surface area contributed by atoms with Gasteiger partial charge in [-0.2, -0.15) is 0 Å². The van der Waals surface area contributed by atoms with Crippen molar-refractivity contribution in [3.8, 4) is 0 Å². The molecule has 5 N–H and O–H groups in total. The van der Waals surface area contributed by atoms with Crippen molar-refractivity contribution in [3.05, 3.63) is 71.8 Å². The van der Waals surface area contributed by atoms with Gasteiger partial charge in [0.15, 0.2) is 0 Å². The van der Waals surface area contributed by atoms with Crippen LogP contribution in [0.1, 0.15) is 17.5 Å². The molecule has 0 bridgehead atoms. The molecule has 0 fully saturated rings. The van der Waals surface area contributed by atoms with Crippen molar-refractivity contribution in [1.29, 1.82) is 0 Å². The molecule has 0 radical (unpaired) electrons. The molecule has 0 saturated heterocycles. The maximum Gasteiger partial charge on any atom is 0.407 e. The number of nitrogens with two attached hydrogens (primary N) is 1. The Labute approximate surface area is 181 Å². The first kappa shape index (κ1) is 23.7. The molecule has 9 heteroatoms. The normalized spacial score (nSPS) is 11.1. The minimum atomic E-state index is -0.792. The topological polar surface area (TPSA) is 132 Å². The Morgan fingerprint density at radius 2 is 1.16 bits per heavy atom. The summed E-state index contributed by atoms with van der Waals surface area (Å²) in [5.41, 5.74) is 7.57. The summed E-state index contributed by atoms with van der Waals surface area (Å²) in [6.07, 6.45) is -0.894. The fourth-order valence-electron chi connectivity index (χ4n) is 2.49. The molecule has 0 aliphatic rings. The van der Waals surface area contributed by atoms with Crippen LogP contribution in [-0.4, -0.2) is 43.8 Å². The number of ether oxygens (including phenoxy) is 2. The zero-order valence-corrected chi connectivity index (χ0v) is 17.2. The average Bonchev–Trinajstić information content (AvgIpc) is 2.80. The summed E-state index contributed by atoms with van der Waals surface area (Å²) in [5.74, 6) is -0.376. The number of nitrogens with one attached hydrogen (secondary N) is 3. The van der Waals surface area contributed by atoms with Gasteiger partial charge in [0.05, 0.1) is 6.04 Å². The highest BCUT2D eigenvalue weighted by atomic mass is 16.6. The van der Waals surface area contributed by atoms with Crippen LogP contribution in [0, 0.1) is 0 Å². The van der Waals surface area contributed by atoms with Crippen LogP contribution in [0.4, 0.5) is 9.59 Å². The van der Waals surface area contributed by atoms with E-state index < -0.39 is 18.2 Å². The number of hydrogen-bond acceptors (Lipinski definition) is 6. The molecule has 0 aliphatic heterocycles. The number of rotatable bonds is 11. The van der Waals surface area contributed by atoms with E-state index in [1.807, 2.05) is 60.7 Å². The maximum absolute atomic E-state index is 12.0. The number of hydrogen-bond donors (Lipinski definition) is 4. The molecule has 31 heavy (non-hydrogen) atoms. The van der Waals surface area contributed by atoms with E-state index in [1.54, 1.807) is 0 Å². The zero-order chi connectivity index (χ0) is 22.3. The third-order valence-electron chi connectivity index (χ3n) is 4.18. The number of amides is 3. The molecule has 0 saturated carbocycles. The van der Waals surface area contributed by atoms with Crippen molar-refractivity contribution < 1.29 is 23.9 Å². The van der Waals surface area contributed by atoms with Gasteiger partial charge in [-0.05, 0) is 17.5 Å². The Kier molecular flexibility index (Phi) is 10.4. The summed E-state index contributed by atoms with van der Waals surface area (Å²) in [4.78, 5) is 35.2. The fraction of sp³-hybridized carbons (Fsp3) is 0.318. The lowest BCUT2D eigenvalue weighted by Crippen LogP contribution is -2.45. The lowest BCUT2D eigenvalue weighted by molar-refractivity contribution is -0.122. The first-order chi connectivity index (χ1) is 15.0. The fourth-order valence-corrected chi connectivity index (χ4v) is 2.49. The SMILES string of the molecule is N[C@@H](CCNC(=O)OCc1ccccc1)C(=O)NCCNC(=O)OCc1ccccc1. The van der Waals surface area contributed by atoms with E-state index in [1.165, 1.54) is 0 Å². The standard InChI is InChI=1S/C22H28N4O5/c23-19(11-12-25-21(28)30-15-17-7-3-1-4-8-17)20(27)24-13-14-26-22(29)31-16-18-9-5-2-6-10-18/h1-10,19H,11-16,23H2,(H,24,27)(H,25,28)(H,26,29)/t19-/m0/s1. The first-order valence-electron chi connectivity index (χ1n) is 9.97. The van der Waals surface area contributed by atoms with Crippen LogP contribution in [0.2, 0.25) is 0 Å². The molecule has 0 spiro atoms. The van der Waals surface area contributed by atoms with Crippen molar-refractivity contribution in [2.75, 3.05) is 19.6 Å². The van der Waals surface area contributed by atoms with Crippen LogP contribution in [0.25, 0.3) is 0 Å². The summed E-state index contributed by atoms with van der Waals surface area (Å²) in [7, 11) is 0. The lowest BCUT2D eigenvalue weighted by Gasteiger charge is -2.13. The van der Waals surface area contributed by atoms with Crippen molar-refractivity contribution >= 4 is 18.1 Å². The van der Waals surface area contributed by atoms with Gasteiger partial charge < -0.3 is 31.2 Å². The minimum Gasteiger partial charge on any atom is -0.445 e. The van der Waals surface area contributed by atoms with E-state index in [0.717, 1.165) is 11.1 Å². The third-order valence-corrected chi connectivity index (χ3v) is 4.18. The van der Waals surface area contributed by atoms with Crippen LogP contribution >= 0.6 is 0 Å². The largest absolute Gasteiger partial charge is 0.445 e. The summed E-state index contributed by atoms with van der Waals surface area (Å²) in [5, 5.41) is 7.71. The molecular formula is C22H28N4O5. The molecular weight excluding hydrogens is 400 g/mol. The highest BCUT2D eigenvalue weighted by Crippen LogP contribution is 2.01.